The Balaban J connectivity index is 2.24. The van der Waals surface area contributed by atoms with E-state index < -0.39 is 0 Å². The zero-order chi connectivity index (χ0) is 9.97. The second kappa shape index (κ2) is 4.11. The Morgan fingerprint density at radius 3 is 3.00 bits per heavy atom. The number of hydrogen-bond acceptors (Lipinski definition) is 2. The Morgan fingerprint density at radius 2 is 2.29 bits per heavy atom. The van der Waals surface area contributed by atoms with E-state index >= 15 is 0 Å². The van der Waals surface area contributed by atoms with Crippen molar-refractivity contribution in [2.75, 3.05) is 24.7 Å². The normalized spacial score (nSPS) is 17.2. The molecule has 1 saturated heterocycles. The van der Waals surface area contributed by atoms with E-state index in [1.807, 2.05) is 24.3 Å². The van der Waals surface area contributed by atoms with Gasteiger partial charge in [-0.1, -0.05) is 22.0 Å². The summed E-state index contributed by atoms with van der Waals surface area (Å²) in [6.07, 6.45) is 0. The van der Waals surface area contributed by atoms with Crippen molar-refractivity contribution in [3.63, 3.8) is 0 Å². The maximum Gasteiger partial charge on any atom is 0.253 e. The largest absolute Gasteiger partial charge is 0.370 e. The third-order valence-corrected chi connectivity index (χ3v) is 2.60. The Hall–Kier alpha value is -0.870. The number of morpholine rings is 1. The third-order valence-electron chi connectivity index (χ3n) is 2.11. The molecule has 1 aromatic carbocycles. The number of benzene rings is 1. The maximum atomic E-state index is 11.5. The number of ether oxygens (including phenoxy) is 1. The highest BCUT2D eigenvalue weighted by Gasteiger charge is 2.19. The lowest BCUT2D eigenvalue weighted by Crippen LogP contribution is -2.41. The monoisotopic (exact) mass is 255 g/mol. The van der Waals surface area contributed by atoms with Crippen LogP contribution in [0.2, 0.25) is 0 Å². The van der Waals surface area contributed by atoms with Crippen LogP contribution >= 0.6 is 15.9 Å². The SMILES string of the molecule is O=C1COCCN1c1cccc(Br)c1. The lowest BCUT2D eigenvalue weighted by molar-refractivity contribution is -0.125. The van der Waals surface area contributed by atoms with Crippen LogP contribution in [0.1, 0.15) is 0 Å². The van der Waals surface area contributed by atoms with Gasteiger partial charge in [0.25, 0.3) is 5.91 Å². The summed E-state index contributed by atoms with van der Waals surface area (Å²) < 4.78 is 6.04. The van der Waals surface area contributed by atoms with Crippen LogP contribution in [0.25, 0.3) is 0 Å². The molecule has 0 aliphatic carbocycles. The molecule has 1 aromatic rings. The van der Waals surface area contributed by atoms with E-state index in [1.54, 1.807) is 4.90 Å². The summed E-state index contributed by atoms with van der Waals surface area (Å²) in [6.45, 7) is 1.43. The maximum absolute atomic E-state index is 11.5. The van der Waals surface area contributed by atoms with E-state index in [0.29, 0.717) is 13.2 Å². The molecule has 0 bridgehead atoms. The number of amides is 1. The highest BCUT2D eigenvalue weighted by atomic mass is 79.9. The zero-order valence-corrected chi connectivity index (χ0v) is 9.16. The van der Waals surface area contributed by atoms with Gasteiger partial charge in [0.1, 0.15) is 6.61 Å². The Morgan fingerprint density at radius 1 is 1.43 bits per heavy atom. The first-order chi connectivity index (χ1) is 6.77. The van der Waals surface area contributed by atoms with E-state index in [2.05, 4.69) is 15.9 Å². The van der Waals surface area contributed by atoms with Gasteiger partial charge >= 0.3 is 0 Å². The fraction of sp³-hybridized carbons (Fsp3) is 0.300. The number of carbonyl (C=O) groups excluding carboxylic acids is 1. The minimum atomic E-state index is 0.0225. The fourth-order valence-electron chi connectivity index (χ4n) is 1.44. The Bertz CT molecular complexity index is 354. The summed E-state index contributed by atoms with van der Waals surface area (Å²) in [5.74, 6) is 0.0225. The van der Waals surface area contributed by atoms with Crippen molar-refractivity contribution in [2.45, 2.75) is 0 Å². The molecule has 2 rings (SSSR count). The Labute approximate surface area is 90.8 Å². The van der Waals surface area contributed by atoms with Crippen molar-refractivity contribution in [2.24, 2.45) is 0 Å². The van der Waals surface area contributed by atoms with Crippen molar-refractivity contribution in [3.8, 4) is 0 Å². The summed E-state index contributed by atoms with van der Waals surface area (Å²) in [5.41, 5.74) is 0.924. The molecule has 14 heavy (non-hydrogen) atoms. The molecular formula is C10H10BrNO2. The number of carbonyl (C=O) groups is 1. The van der Waals surface area contributed by atoms with Gasteiger partial charge in [0.05, 0.1) is 6.61 Å². The average molecular weight is 256 g/mol. The molecule has 4 heteroatoms. The van der Waals surface area contributed by atoms with Gasteiger partial charge in [0.2, 0.25) is 0 Å². The fourth-order valence-corrected chi connectivity index (χ4v) is 1.82. The number of rotatable bonds is 1. The second-order valence-electron chi connectivity index (χ2n) is 3.08. The summed E-state index contributed by atoms with van der Waals surface area (Å²) in [7, 11) is 0. The molecule has 1 heterocycles. The zero-order valence-electron chi connectivity index (χ0n) is 7.57. The summed E-state index contributed by atoms with van der Waals surface area (Å²) >= 11 is 3.38. The van der Waals surface area contributed by atoms with Crippen LogP contribution in [0.3, 0.4) is 0 Å². The Kier molecular flexibility index (Phi) is 2.84. The lowest BCUT2D eigenvalue weighted by Gasteiger charge is -2.26. The number of halogens is 1. The van der Waals surface area contributed by atoms with E-state index in [0.717, 1.165) is 10.2 Å². The molecule has 0 saturated carbocycles. The third kappa shape index (κ3) is 1.96. The standard InChI is InChI=1S/C10H10BrNO2/c11-8-2-1-3-9(6-8)12-4-5-14-7-10(12)13/h1-3,6H,4-5,7H2. The first kappa shape index (κ1) is 9.68. The molecule has 0 atom stereocenters. The first-order valence-corrected chi connectivity index (χ1v) is 5.20. The average Bonchev–Trinajstić information content (AvgIpc) is 2.18. The van der Waals surface area contributed by atoms with Gasteiger partial charge in [-0.2, -0.15) is 0 Å². The van der Waals surface area contributed by atoms with E-state index in [1.165, 1.54) is 0 Å². The van der Waals surface area contributed by atoms with Crippen molar-refractivity contribution in [1.82, 2.24) is 0 Å². The minimum absolute atomic E-state index is 0.0225. The molecule has 1 aliphatic heterocycles. The predicted octanol–water partition coefficient (Wildman–Crippen LogP) is 1.81. The molecular weight excluding hydrogens is 246 g/mol. The molecule has 0 unspecified atom stereocenters. The quantitative estimate of drug-likeness (QED) is 0.766. The van der Waals surface area contributed by atoms with Gasteiger partial charge in [-0.05, 0) is 18.2 Å². The topological polar surface area (TPSA) is 29.5 Å². The van der Waals surface area contributed by atoms with Gasteiger partial charge in [0, 0.05) is 16.7 Å². The van der Waals surface area contributed by atoms with Crippen LogP contribution in [0.4, 0.5) is 5.69 Å². The van der Waals surface area contributed by atoms with Crippen molar-refractivity contribution < 1.29 is 9.53 Å². The second-order valence-corrected chi connectivity index (χ2v) is 3.99. The van der Waals surface area contributed by atoms with Crippen LogP contribution in [0.5, 0.6) is 0 Å². The molecule has 74 valence electrons. The highest BCUT2D eigenvalue weighted by molar-refractivity contribution is 9.10. The van der Waals surface area contributed by atoms with Crippen LogP contribution in [0, 0.1) is 0 Å². The van der Waals surface area contributed by atoms with Gasteiger partial charge < -0.3 is 9.64 Å². The van der Waals surface area contributed by atoms with Crippen LogP contribution in [0.15, 0.2) is 28.7 Å². The minimum Gasteiger partial charge on any atom is -0.370 e. The van der Waals surface area contributed by atoms with Gasteiger partial charge in [-0.15, -0.1) is 0 Å². The summed E-state index contributed by atoms with van der Waals surface area (Å²) in [5, 5.41) is 0. The molecule has 1 aliphatic rings. The van der Waals surface area contributed by atoms with Crippen LogP contribution < -0.4 is 4.90 Å². The van der Waals surface area contributed by atoms with Crippen molar-refractivity contribution in [1.29, 1.82) is 0 Å². The predicted molar refractivity (Wildman–Crippen MR) is 57.3 cm³/mol. The molecule has 1 amide bonds. The van der Waals surface area contributed by atoms with Crippen LogP contribution in [-0.2, 0) is 9.53 Å². The first-order valence-electron chi connectivity index (χ1n) is 4.41. The van der Waals surface area contributed by atoms with Gasteiger partial charge in [0.15, 0.2) is 0 Å². The molecule has 0 radical (unpaired) electrons. The number of anilines is 1. The van der Waals surface area contributed by atoms with E-state index in [4.69, 9.17) is 4.74 Å². The number of nitrogens with zero attached hydrogens (tertiary/aromatic N) is 1. The van der Waals surface area contributed by atoms with Crippen molar-refractivity contribution >= 4 is 27.5 Å². The summed E-state index contributed by atoms with van der Waals surface area (Å²) in [6, 6.07) is 7.72. The van der Waals surface area contributed by atoms with E-state index in [9.17, 15) is 4.79 Å². The molecule has 0 aromatic heterocycles. The van der Waals surface area contributed by atoms with Gasteiger partial charge in [-0.3, -0.25) is 4.79 Å². The molecule has 0 spiro atoms. The molecule has 3 nitrogen and oxygen atoms in total. The lowest BCUT2D eigenvalue weighted by atomic mass is 10.2. The number of hydrogen-bond donors (Lipinski definition) is 0. The summed E-state index contributed by atoms with van der Waals surface area (Å²) in [4.78, 5) is 13.2. The molecule has 1 fully saturated rings. The van der Waals surface area contributed by atoms with Crippen molar-refractivity contribution in [3.05, 3.63) is 28.7 Å². The smallest absolute Gasteiger partial charge is 0.253 e. The van der Waals surface area contributed by atoms with Crippen LogP contribution in [-0.4, -0.2) is 25.7 Å². The van der Waals surface area contributed by atoms with E-state index in [-0.39, 0.29) is 12.5 Å². The highest BCUT2D eigenvalue weighted by Crippen LogP contribution is 2.20. The molecule has 0 N–H and O–H groups in total. The van der Waals surface area contributed by atoms with Gasteiger partial charge in [-0.25, -0.2) is 0 Å².